The number of anilines is 1. The summed E-state index contributed by atoms with van der Waals surface area (Å²) in [6, 6.07) is 4.59. The first-order chi connectivity index (χ1) is 8.85. The molecule has 106 valence electrons. The summed E-state index contributed by atoms with van der Waals surface area (Å²) in [4.78, 5) is 2.57. The molecule has 2 nitrogen and oxygen atoms in total. The average Bonchev–Trinajstić information content (AvgIpc) is 2.26. The first-order valence-corrected chi connectivity index (χ1v) is 7.38. The quantitative estimate of drug-likeness (QED) is 0.883. The number of hydrogen-bond donors (Lipinski definition) is 1. The highest BCUT2D eigenvalue weighted by atomic mass is 15.2. The smallest absolute Gasteiger partial charge is 0.0426 e. The molecule has 1 aliphatic heterocycles. The second-order valence-electron chi connectivity index (χ2n) is 6.88. The minimum absolute atomic E-state index is 0.302. The van der Waals surface area contributed by atoms with Gasteiger partial charge in [0.25, 0.3) is 0 Å². The van der Waals surface area contributed by atoms with Crippen molar-refractivity contribution in [1.82, 2.24) is 0 Å². The zero-order valence-corrected chi connectivity index (χ0v) is 13.1. The maximum atomic E-state index is 5.92. The van der Waals surface area contributed by atoms with Gasteiger partial charge in [0, 0.05) is 18.8 Å². The summed E-state index contributed by atoms with van der Waals surface area (Å²) in [6.45, 7) is 14.4. The van der Waals surface area contributed by atoms with Crippen LogP contribution in [-0.2, 0) is 0 Å². The minimum Gasteiger partial charge on any atom is -0.371 e. The Morgan fingerprint density at radius 3 is 2.26 bits per heavy atom. The highest BCUT2D eigenvalue weighted by Gasteiger charge is 2.35. The van der Waals surface area contributed by atoms with Crippen molar-refractivity contribution >= 4 is 5.69 Å². The summed E-state index contributed by atoms with van der Waals surface area (Å²) in [6.07, 6.45) is 1.20. The van der Waals surface area contributed by atoms with Crippen molar-refractivity contribution in [3.8, 4) is 0 Å². The van der Waals surface area contributed by atoms with E-state index in [0.29, 0.717) is 11.3 Å². The molecule has 1 fully saturated rings. The molecular formula is C17H28N2. The van der Waals surface area contributed by atoms with E-state index in [9.17, 15) is 0 Å². The second-order valence-corrected chi connectivity index (χ2v) is 6.88. The van der Waals surface area contributed by atoms with Crippen LogP contribution in [0.3, 0.4) is 0 Å². The van der Waals surface area contributed by atoms with Gasteiger partial charge in [-0.2, -0.15) is 0 Å². The Hall–Kier alpha value is -1.02. The Labute approximate surface area is 118 Å². The fourth-order valence-corrected chi connectivity index (χ4v) is 3.70. The van der Waals surface area contributed by atoms with Crippen LogP contribution in [0.25, 0.3) is 0 Å². The number of nitrogens with two attached hydrogens (primary N) is 1. The monoisotopic (exact) mass is 260 g/mol. The third kappa shape index (κ3) is 2.79. The predicted octanol–water partition coefficient (Wildman–Crippen LogP) is 3.42. The molecular weight excluding hydrogens is 232 g/mol. The van der Waals surface area contributed by atoms with Gasteiger partial charge in [0.05, 0.1) is 0 Å². The Bertz CT molecular complexity index is 439. The molecule has 0 bridgehead atoms. The van der Waals surface area contributed by atoms with Crippen molar-refractivity contribution in [2.45, 2.75) is 41.0 Å². The summed E-state index contributed by atoms with van der Waals surface area (Å²) in [7, 11) is 0. The van der Waals surface area contributed by atoms with Gasteiger partial charge in [-0.15, -0.1) is 0 Å². The summed E-state index contributed by atoms with van der Waals surface area (Å²) in [5.41, 5.74) is 11.8. The molecule has 1 unspecified atom stereocenters. The van der Waals surface area contributed by atoms with Gasteiger partial charge in [-0.05, 0) is 56.2 Å². The zero-order valence-electron chi connectivity index (χ0n) is 13.1. The van der Waals surface area contributed by atoms with Crippen molar-refractivity contribution in [1.29, 1.82) is 0 Å². The molecule has 1 atom stereocenters. The Balaban J connectivity index is 2.30. The van der Waals surface area contributed by atoms with Gasteiger partial charge in [-0.1, -0.05) is 31.5 Å². The first kappa shape index (κ1) is 14.4. The molecule has 1 aromatic carbocycles. The number of piperidine rings is 1. The third-order valence-electron chi connectivity index (χ3n) is 4.69. The average molecular weight is 260 g/mol. The van der Waals surface area contributed by atoms with Gasteiger partial charge in [-0.3, -0.25) is 0 Å². The van der Waals surface area contributed by atoms with Crippen molar-refractivity contribution in [2.24, 2.45) is 17.1 Å². The van der Waals surface area contributed by atoms with E-state index < -0.39 is 0 Å². The normalized spacial score (nSPS) is 22.6. The fraction of sp³-hybridized carbons (Fsp3) is 0.647. The van der Waals surface area contributed by atoms with Gasteiger partial charge >= 0.3 is 0 Å². The summed E-state index contributed by atoms with van der Waals surface area (Å²) >= 11 is 0. The van der Waals surface area contributed by atoms with Crippen molar-refractivity contribution < 1.29 is 0 Å². The topological polar surface area (TPSA) is 29.3 Å². The van der Waals surface area contributed by atoms with Crippen molar-refractivity contribution in [3.05, 3.63) is 28.8 Å². The van der Waals surface area contributed by atoms with Crippen LogP contribution in [-0.4, -0.2) is 19.6 Å². The fourth-order valence-electron chi connectivity index (χ4n) is 3.70. The van der Waals surface area contributed by atoms with E-state index in [1.165, 1.54) is 28.8 Å². The van der Waals surface area contributed by atoms with Crippen molar-refractivity contribution in [3.63, 3.8) is 0 Å². The Morgan fingerprint density at radius 1 is 1.21 bits per heavy atom. The van der Waals surface area contributed by atoms with E-state index in [4.69, 9.17) is 5.73 Å². The largest absolute Gasteiger partial charge is 0.371 e. The first-order valence-electron chi connectivity index (χ1n) is 7.38. The Morgan fingerprint density at radius 2 is 1.79 bits per heavy atom. The van der Waals surface area contributed by atoms with E-state index in [1.807, 2.05) is 0 Å². The van der Waals surface area contributed by atoms with Gasteiger partial charge in [0.2, 0.25) is 0 Å². The molecule has 1 saturated heterocycles. The standard InChI is InChI=1S/C17H28N2/c1-12-8-13(2)16(14(3)9-12)19-7-6-15(10-18)17(4,5)11-19/h8-9,15H,6-7,10-11,18H2,1-5H3. The second kappa shape index (κ2) is 5.16. The maximum Gasteiger partial charge on any atom is 0.0426 e. The van der Waals surface area contributed by atoms with Gasteiger partial charge in [0.1, 0.15) is 0 Å². The van der Waals surface area contributed by atoms with Crippen LogP contribution in [0.5, 0.6) is 0 Å². The van der Waals surface area contributed by atoms with Crippen molar-refractivity contribution in [2.75, 3.05) is 24.5 Å². The highest BCUT2D eigenvalue weighted by molar-refractivity contribution is 5.60. The Kier molecular flexibility index (Phi) is 3.91. The van der Waals surface area contributed by atoms with Crippen LogP contribution in [0.4, 0.5) is 5.69 Å². The van der Waals surface area contributed by atoms with E-state index in [-0.39, 0.29) is 0 Å². The predicted molar refractivity (Wildman–Crippen MR) is 83.8 cm³/mol. The molecule has 1 aromatic rings. The lowest BCUT2D eigenvalue weighted by Gasteiger charge is -2.46. The number of aryl methyl sites for hydroxylation is 3. The SMILES string of the molecule is Cc1cc(C)c(N2CCC(CN)C(C)(C)C2)c(C)c1. The van der Waals surface area contributed by atoms with Crippen LogP contribution >= 0.6 is 0 Å². The molecule has 2 rings (SSSR count). The van der Waals surface area contributed by atoms with Crippen LogP contribution in [0.15, 0.2) is 12.1 Å². The van der Waals surface area contributed by atoms with Gasteiger partial charge in [-0.25, -0.2) is 0 Å². The molecule has 1 aliphatic rings. The van der Waals surface area contributed by atoms with E-state index in [2.05, 4.69) is 51.7 Å². The molecule has 0 aromatic heterocycles. The zero-order chi connectivity index (χ0) is 14.2. The molecule has 0 aliphatic carbocycles. The molecule has 1 heterocycles. The van der Waals surface area contributed by atoms with Crippen LogP contribution in [0, 0.1) is 32.1 Å². The highest BCUT2D eigenvalue weighted by Crippen LogP contribution is 2.38. The lowest BCUT2D eigenvalue weighted by Crippen LogP contribution is -2.48. The number of rotatable bonds is 2. The molecule has 0 saturated carbocycles. The number of benzene rings is 1. The summed E-state index contributed by atoms with van der Waals surface area (Å²) < 4.78 is 0. The summed E-state index contributed by atoms with van der Waals surface area (Å²) in [5.74, 6) is 0.648. The van der Waals surface area contributed by atoms with E-state index >= 15 is 0 Å². The number of nitrogens with zero attached hydrogens (tertiary/aromatic N) is 1. The molecule has 2 heteroatoms. The maximum absolute atomic E-state index is 5.92. The molecule has 0 radical (unpaired) electrons. The van der Waals surface area contributed by atoms with E-state index in [0.717, 1.165) is 19.6 Å². The molecule has 19 heavy (non-hydrogen) atoms. The lowest BCUT2D eigenvalue weighted by molar-refractivity contribution is 0.182. The van der Waals surface area contributed by atoms with E-state index in [1.54, 1.807) is 0 Å². The minimum atomic E-state index is 0.302. The van der Waals surface area contributed by atoms with Crippen LogP contribution < -0.4 is 10.6 Å². The lowest BCUT2D eigenvalue weighted by atomic mass is 9.73. The molecule has 0 spiro atoms. The number of hydrogen-bond acceptors (Lipinski definition) is 2. The molecule has 0 amide bonds. The van der Waals surface area contributed by atoms with Gasteiger partial charge in [0.15, 0.2) is 0 Å². The van der Waals surface area contributed by atoms with Crippen LogP contribution in [0.1, 0.15) is 37.0 Å². The molecule has 2 N–H and O–H groups in total. The van der Waals surface area contributed by atoms with Gasteiger partial charge < -0.3 is 10.6 Å². The third-order valence-corrected chi connectivity index (χ3v) is 4.69. The summed E-state index contributed by atoms with van der Waals surface area (Å²) in [5, 5.41) is 0. The van der Waals surface area contributed by atoms with Crippen LogP contribution in [0.2, 0.25) is 0 Å².